The van der Waals surface area contributed by atoms with E-state index in [1.54, 1.807) is 0 Å². The van der Waals surface area contributed by atoms with Crippen LogP contribution >= 0.6 is 0 Å². The molecule has 2 amide bonds. The molecule has 0 aromatic rings. The van der Waals surface area contributed by atoms with Gasteiger partial charge in [0.25, 0.3) is 0 Å². The Hall–Kier alpha value is -1.22. The van der Waals surface area contributed by atoms with Gasteiger partial charge in [-0.2, -0.15) is 0 Å². The van der Waals surface area contributed by atoms with Crippen LogP contribution in [0.2, 0.25) is 0 Å². The van der Waals surface area contributed by atoms with Crippen molar-refractivity contribution in [3.05, 3.63) is 0 Å². The lowest BCUT2D eigenvalue weighted by Crippen LogP contribution is -2.41. The highest BCUT2D eigenvalue weighted by molar-refractivity contribution is 5.81. The number of rotatable bonds is 20. The lowest BCUT2D eigenvalue weighted by molar-refractivity contribution is -0.123. The number of hydrogen-bond acceptors (Lipinski definition) is 6. The molecule has 2 aliphatic carbocycles. The third-order valence-electron chi connectivity index (χ3n) is 7.28. The van der Waals surface area contributed by atoms with Gasteiger partial charge in [0, 0.05) is 19.5 Å². The topological polar surface area (TPSA) is 134 Å². The molecule has 0 aromatic carbocycles. The van der Waals surface area contributed by atoms with Crippen LogP contribution < -0.4 is 32.7 Å². The predicted octanol–water partition coefficient (Wildman–Crippen LogP) is 1.24. The molecule has 0 radical (unpaired) electrons. The van der Waals surface area contributed by atoms with E-state index in [0.29, 0.717) is 31.8 Å². The first-order chi connectivity index (χ1) is 16.1. The van der Waals surface area contributed by atoms with Gasteiger partial charge in [0.1, 0.15) is 0 Å². The first-order valence-electron chi connectivity index (χ1n) is 13.5. The van der Waals surface area contributed by atoms with Gasteiger partial charge in [0.2, 0.25) is 11.8 Å². The van der Waals surface area contributed by atoms with Gasteiger partial charge in [-0.3, -0.25) is 9.59 Å². The summed E-state index contributed by atoms with van der Waals surface area (Å²) < 4.78 is 0. The predicted molar refractivity (Wildman–Crippen MR) is 135 cm³/mol. The van der Waals surface area contributed by atoms with Crippen LogP contribution in [0.1, 0.15) is 77.0 Å². The Bertz CT molecular complexity index is 547. The Morgan fingerprint density at radius 3 is 2.12 bits per heavy atom. The largest absolute Gasteiger partial charge is 0.356 e. The van der Waals surface area contributed by atoms with Gasteiger partial charge in [-0.1, -0.05) is 6.42 Å². The molecule has 0 spiro atoms. The Morgan fingerprint density at radius 1 is 0.788 bits per heavy atom. The van der Waals surface area contributed by atoms with E-state index in [0.717, 1.165) is 83.1 Å². The number of carbonyl (C=O) groups is 2. The Kier molecular flexibility index (Phi) is 14.6. The second kappa shape index (κ2) is 17.2. The Balaban J connectivity index is 1.33. The summed E-state index contributed by atoms with van der Waals surface area (Å²) in [6, 6.07) is -0.463. The lowest BCUT2D eigenvalue weighted by atomic mass is 9.86. The Morgan fingerprint density at radius 2 is 1.45 bits per heavy atom. The Labute approximate surface area is 201 Å². The van der Waals surface area contributed by atoms with Crippen molar-refractivity contribution in [3.63, 3.8) is 0 Å². The van der Waals surface area contributed by atoms with Crippen LogP contribution in [-0.4, -0.2) is 63.7 Å². The van der Waals surface area contributed by atoms with Crippen molar-refractivity contribution < 1.29 is 9.59 Å². The molecule has 2 aliphatic rings. The summed E-state index contributed by atoms with van der Waals surface area (Å²) in [5, 5.41) is 12.8. The molecular formula is C25H50N6O2. The molecule has 0 aromatic heterocycles. The van der Waals surface area contributed by atoms with Gasteiger partial charge in [0.05, 0.1) is 6.04 Å². The van der Waals surface area contributed by atoms with Gasteiger partial charge in [-0.15, -0.1) is 0 Å². The molecule has 4 atom stereocenters. The van der Waals surface area contributed by atoms with Gasteiger partial charge >= 0.3 is 0 Å². The van der Waals surface area contributed by atoms with Gasteiger partial charge in [-0.25, -0.2) is 0 Å². The van der Waals surface area contributed by atoms with Crippen LogP contribution in [0.25, 0.3) is 0 Å². The smallest absolute Gasteiger partial charge is 0.236 e. The molecule has 33 heavy (non-hydrogen) atoms. The highest BCUT2D eigenvalue weighted by Crippen LogP contribution is 2.49. The summed E-state index contributed by atoms with van der Waals surface area (Å²) in [4.78, 5) is 24.3. The van der Waals surface area contributed by atoms with Crippen LogP contribution in [-0.2, 0) is 9.59 Å². The number of carbonyl (C=O) groups excluding carboxylic acids is 2. The van der Waals surface area contributed by atoms with Gasteiger partial charge in [-0.05, 0) is 115 Å². The molecular weight excluding hydrogens is 416 g/mol. The molecule has 2 rings (SSSR count). The van der Waals surface area contributed by atoms with Crippen molar-refractivity contribution in [2.24, 2.45) is 29.2 Å². The number of nitrogens with two attached hydrogens (primary N) is 2. The molecule has 0 aliphatic heterocycles. The van der Waals surface area contributed by atoms with E-state index in [2.05, 4.69) is 21.3 Å². The molecule has 2 saturated carbocycles. The minimum absolute atomic E-state index is 0.0705. The van der Waals surface area contributed by atoms with Crippen LogP contribution in [0.3, 0.4) is 0 Å². The standard InChI is InChI=1S/C25H50N6O2/c26-10-5-13-28-11-3-4-12-29-14-6-16-31-25(33)23(27)7-1-2-15-30-24(32)19-22-18-20-8-9-21(22)17-20/h20-23,28-29H,1-19,26-27H2,(H,30,32)(H,31,33). The second-order valence-corrected chi connectivity index (χ2v) is 10.1. The van der Waals surface area contributed by atoms with Crippen molar-refractivity contribution in [1.29, 1.82) is 0 Å². The van der Waals surface area contributed by atoms with E-state index in [-0.39, 0.29) is 11.8 Å². The maximum atomic E-state index is 12.2. The van der Waals surface area contributed by atoms with Crippen molar-refractivity contribution in [1.82, 2.24) is 21.3 Å². The first-order valence-corrected chi connectivity index (χ1v) is 13.5. The molecule has 192 valence electrons. The average molecular weight is 467 g/mol. The molecule has 0 saturated heterocycles. The molecule has 8 N–H and O–H groups in total. The fraction of sp³-hybridized carbons (Fsp3) is 0.920. The fourth-order valence-electron chi connectivity index (χ4n) is 5.32. The zero-order valence-corrected chi connectivity index (χ0v) is 20.7. The summed E-state index contributed by atoms with van der Waals surface area (Å²) in [7, 11) is 0. The van der Waals surface area contributed by atoms with Crippen molar-refractivity contribution in [2.75, 3.05) is 45.8 Å². The summed E-state index contributed by atoms with van der Waals surface area (Å²) in [6.45, 7) is 6.04. The van der Waals surface area contributed by atoms with E-state index >= 15 is 0 Å². The van der Waals surface area contributed by atoms with E-state index in [4.69, 9.17) is 11.5 Å². The molecule has 8 heteroatoms. The van der Waals surface area contributed by atoms with Crippen LogP contribution in [0.5, 0.6) is 0 Å². The number of hydrogen-bond donors (Lipinski definition) is 6. The number of unbranched alkanes of at least 4 members (excludes halogenated alkanes) is 2. The monoisotopic (exact) mass is 466 g/mol. The molecule has 4 unspecified atom stereocenters. The number of nitrogens with one attached hydrogen (secondary N) is 4. The maximum Gasteiger partial charge on any atom is 0.236 e. The van der Waals surface area contributed by atoms with Gasteiger partial charge < -0.3 is 32.7 Å². The molecule has 2 bridgehead atoms. The van der Waals surface area contributed by atoms with Crippen molar-refractivity contribution in [2.45, 2.75) is 83.1 Å². The van der Waals surface area contributed by atoms with E-state index in [9.17, 15) is 9.59 Å². The van der Waals surface area contributed by atoms with Crippen LogP contribution in [0.4, 0.5) is 0 Å². The molecule has 0 heterocycles. The molecule has 8 nitrogen and oxygen atoms in total. The van der Waals surface area contributed by atoms with Gasteiger partial charge in [0.15, 0.2) is 0 Å². The fourth-order valence-corrected chi connectivity index (χ4v) is 5.32. The van der Waals surface area contributed by atoms with Crippen molar-refractivity contribution >= 4 is 11.8 Å². The van der Waals surface area contributed by atoms with E-state index in [1.165, 1.54) is 25.7 Å². The second-order valence-electron chi connectivity index (χ2n) is 10.1. The summed E-state index contributed by atoms with van der Waals surface area (Å²) in [6.07, 6.45) is 12.6. The summed E-state index contributed by atoms with van der Waals surface area (Å²) >= 11 is 0. The van der Waals surface area contributed by atoms with Crippen LogP contribution in [0, 0.1) is 17.8 Å². The third-order valence-corrected chi connectivity index (χ3v) is 7.28. The number of amides is 2. The van der Waals surface area contributed by atoms with Crippen molar-refractivity contribution in [3.8, 4) is 0 Å². The minimum atomic E-state index is -0.463. The zero-order valence-electron chi connectivity index (χ0n) is 20.7. The normalized spacial score (nSPS) is 22.4. The molecule has 2 fully saturated rings. The summed E-state index contributed by atoms with van der Waals surface area (Å²) in [5.41, 5.74) is 11.5. The highest BCUT2D eigenvalue weighted by atomic mass is 16.2. The average Bonchev–Trinajstić information content (AvgIpc) is 3.42. The highest BCUT2D eigenvalue weighted by Gasteiger charge is 2.39. The first kappa shape index (κ1) is 28.0. The SMILES string of the molecule is NCCCNCCCCNCCCNC(=O)C(N)CCCCNC(=O)CC1CC2CCC1C2. The number of fused-ring (bicyclic) bond motifs is 2. The zero-order chi connectivity index (χ0) is 23.7. The van der Waals surface area contributed by atoms with E-state index in [1.807, 2.05) is 0 Å². The minimum Gasteiger partial charge on any atom is -0.356 e. The van der Waals surface area contributed by atoms with Crippen LogP contribution in [0.15, 0.2) is 0 Å². The quantitative estimate of drug-likeness (QED) is 0.150. The summed E-state index contributed by atoms with van der Waals surface area (Å²) in [5.74, 6) is 2.43. The van der Waals surface area contributed by atoms with E-state index < -0.39 is 6.04 Å². The third kappa shape index (κ3) is 12.2. The maximum absolute atomic E-state index is 12.2. The lowest BCUT2D eigenvalue weighted by Gasteiger charge is -2.20.